The molecule has 2 heteroatoms. The van der Waals surface area contributed by atoms with Gasteiger partial charge in [-0.1, -0.05) is 45.0 Å². The van der Waals surface area contributed by atoms with Crippen LogP contribution in [0, 0.1) is 0 Å². The molecule has 1 fully saturated rings. The molecule has 1 aliphatic heterocycles. The second-order valence-corrected chi connectivity index (χ2v) is 6.74. The van der Waals surface area contributed by atoms with Crippen LogP contribution in [0.1, 0.15) is 56.5 Å². The minimum Gasteiger partial charge on any atom is -0.378 e. The van der Waals surface area contributed by atoms with Gasteiger partial charge in [0.15, 0.2) is 0 Å². The van der Waals surface area contributed by atoms with Gasteiger partial charge < -0.3 is 4.74 Å². The molecule has 0 N–H and O–H groups in total. The van der Waals surface area contributed by atoms with E-state index in [1.807, 2.05) is 0 Å². The summed E-state index contributed by atoms with van der Waals surface area (Å²) in [6.45, 7) is 7.59. The van der Waals surface area contributed by atoms with E-state index in [-0.39, 0.29) is 10.8 Å². The number of rotatable bonds is 3. The first kappa shape index (κ1) is 13.9. The molecular weight excluding hydrogens is 244 g/mol. The first-order chi connectivity index (χ1) is 8.47. The van der Waals surface area contributed by atoms with Gasteiger partial charge in [-0.25, -0.2) is 0 Å². The Kier molecular flexibility index (Phi) is 4.34. The van der Waals surface area contributed by atoms with Gasteiger partial charge in [0.25, 0.3) is 0 Å². The standard InChI is InChI=1S/C16H23ClO/c1-16(2,3)13-8-6-12(7-9-13)15(17)11-14-5-4-10-18-14/h6-9,14-15H,4-5,10-11H2,1-3H3. The number of hydrogen-bond donors (Lipinski definition) is 0. The van der Waals surface area contributed by atoms with Crippen LogP contribution in [0.2, 0.25) is 0 Å². The van der Waals surface area contributed by atoms with E-state index in [9.17, 15) is 0 Å². The molecule has 0 bridgehead atoms. The molecule has 1 heterocycles. The largest absolute Gasteiger partial charge is 0.378 e. The summed E-state index contributed by atoms with van der Waals surface area (Å²) >= 11 is 6.47. The van der Waals surface area contributed by atoms with E-state index in [0.717, 1.165) is 19.4 Å². The van der Waals surface area contributed by atoms with Crippen molar-refractivity contribution in [2.24, 2.45) is 0 Å². The average molecular weight is 267 g/mol. The number of hydrogen-bond acceptors (Lipinski definition) is 1. The van der Waals surface area contributed by atoms with Gasteiger partial charge >= 0.3 is 0 Å². The summed E-state index contributed by atoms with van der Waals surface area (Å²) in [7, 11) is 0. The molecule has 1 saturated heterocycles. The molecule has 0 amide bonds. The van der Waals surface area contributed by atoms with Gasteiger partial charge in [-0.3, -0.25) is 0 Å². The topological polar surface area (TPSA) is 9.23 Å². The summed E-state index contributed by atoms with van der Waals surface area (Å²) in [5.41, 5.74) is 2.77. The highest BCUT2D eigenvalue weighted by Gasteiger charge is 2.21. The lowest BCUT2D eigenvalue weighted by molar-refractivity contribution is 0.103. The Morgan fingerprint density at radius 2 is 1.94 bits per heavy atom. The number of alkyl halides is 1. The maximum atomic E-state index is 6.47. The third kappa shape index (κ3) is 3.49. The third-order valence-electron chi connectivity index (χ3n) is 3.63. The van der Waals surface area contributed by atoms with Gasteiger partial charge in [0.1, 0.15) is 0 Å². The van der Waals surface area contributed by atoms with Crippen molar-refractivity contribution in [3.05, 3.63) is 35.4 Å². The van der Waals surface area contributed by atoms with Crippen LogP contribution in [-0.4, -0.2) is 12.7 Å². The van der Waals surface area contributed by atoms with E-state index in [1.165, 1.54) is 17.5 Å². The van der Waals surface area contributed by atoms with Gasteiger partial charge in [0, 0.05) is 6.61 Å². The zero-order valence-electron chi connectivity index (χ0n) is 11.6. The first-order valence-electron chi connectivity index (χ1n) is 6.83. The predicted octanol–water partition coefficient (Wildman–Crippen LogP) is 4.83. The minimum absolute atomic E-state index is 0.0714. The van der Waals surface area contributed by atoms with Crippen molar-refractivity contribution >= 4 is 11.6 Å². The fourth-order valence-corrected chi connectivity index (χ4v) is 2.73. The molecule has 0 radical (unpaired) electrons. The molecule has 0 aromatic heterocycles. The fourth-order valence-electron chi connectivity index (χ4n) is 2.39. The Bertz CT molecular complexity index is 371. The molecule has 0 saturated carbocycles. The van der Waals surface area contributed by atoms with Gasteiger partial charge in [0.2, 0.25) is 0 Å². The van der Waals surface area contributed by atoms with Crippen molar-refractivity contribution in [2.75, 3.05) is 6.61 Å². The summed E-state index contributed by atoms with van der Waals surface area (Å²) in [5.74, 6) is 0. The zero-order chi connectivity index (χ0) is 13.2. The highest BCUT2D eigenvalue weighted by atomic mass is 35.5. The van der Waals surface area contributed by atoms with Crippen LogP contribution in [0.4, 0.5) is 0 Å². The van der Waals surface area contributed by atoms with Crippen LogP contribution in [0.5, 0.6) is 0 Å². The number of benzene rings is 1. The van der Waals surface area contributed by atoms with Crippen LogP contribution in [0.15, 0.2) is 24.3 Å². The molecule has 2 atom stereocenters. The molecule has 1 aromatic carbocycles. The van der Waals surface area contributed by atoms with E-state index in [0.29, 0.717) is 6.10 Å². The van der Waals surface area contributed by atoms with Crippen LogP contribution in [-0.2, 0) is 10.2 Å². The first-order valence-corrected chi connectivity index (χ1v) is 7.26. The van der Waals surface area contributed by atoms with E-state index < -0.39 is 0 Å². The van der Waals surface area contributed by atoms with Crippen molar-refractivity contribution in [1.29, 1.82) is 0 Å². The molecule has 100 valence electrons. The lowest BCUT2D eigenvalue weighted by Gasteiger charge is -2.20. The molecule has 0 aliphatic carbocycles. The smallest absolute Gasteiger partial charge is 0.0609 e. The quantitative estimate of drug-likeness (QED) is 0.712. The van der Waals surface area contributed by atoms with E-state index in [1.54, 1.807) is 0 Å². The highest BCUT2D eigenvalue weighted by Crippen LogP contribution is 2.31. The second kappa shape index (κ2) is 5.63. The Labute approximate surface area is 115 Å². The van der Waals surface area contributed by atoms with Gasteiger partial charge in [0.05, 0.1) is 11.5 Å². The molecule has 18 heavy (non-hydrogen) atoms. The van der Waals surface area contributed by atoms with Crippen LogP contribution >= 0.6 is 11.6 Å². The third-order valence-corrected chi connectivity index (χ3v) is 4.06. The van der Waals surface area contributed by atoms with Gasteiger partial charge in [-0.15, -0.1) is 11.6 Å². The Balaban J connectivity index is 2.00. The summed E-state index contributed by atoms with van der Waals surface area (Å²) in [4.78, 5) is 0. The van der Waals surface area contributed by atoms with Crippen molar-refractivity contribution < 1.29 is 4.74 Å². The lowest BCUT2D eigenvalue weighted by atomic mass is 9.86. The van der Waals surface area contributed by atoms with Crippen molar-refractivity contribution in [3.63, 3.8) is 0 Å². The van der Waals surface area contributed by atoms with Crippen molar-refractivity contribution in [1.82, 2.24) is 0 Å². The maximum Gasteiger partial charge on any atom is 0.0609 e. The second-order valence-electron chi connectivity index (χ2n) is 6.21. The van der Waals surface area contributed by atoms with Crippen LogP contribution in [0.3, 0.4) is 0 Å². The molecule has 1 nitrogen and oxygen atoms in total. The van der Waals surface area contributed by atoms with Gasteiger partial charge in [-0.05, 0) is 35.8 Å². The summed E-state index contributed by atoms with van der Waals surface area (Å²) in [5, 5.41) is 0.0714. The Morgan fingerprint density at radius 3 is 2.44 bits per heavy atom. The molecule has 2 rings (SSSR count). The number of halogens is 1. The molecular formula is C16H23ClO. The van der Waals surface area contributed by atoms with E-state index in [4.69, 9.17) is 16.3 Å². The predicted molar refractivity (Wildman–Crippen MR) is 77.3 cm³/mol. The molecule has 0 spiro atoms. The maximum absolute atomic E-state index is 6.47. The summed E-state index contributed by atoms with van der Waals surface area (Å²) < 4.78 is 5.64. The average Bonchev–Trinajstić information content (AvgIpc) is 2.81. The van der Waals surface area contributed by atoms with Crippen molar-refractivity contribution in [2.45, 2.75) is 56.9 Å². The zero-order valence-corrected chi connectivity index (χ0v) is 12.3. The lowest BCUT2D eigenvalue weighted by Crippen LogP contribution is -2.11. The normalized spacial score (nSPS) is 22.1. The number of ether oxygens (including phenoxy) is 1. The van der Waals surface area contributed by atoms with Crippen LogP contribution < -0.4 is 0 Å². The van der Waals surface area contributed by atoms with Crippen LogP contribution in [0.25, 0.3) is 0 Å². The van der Waals surface area contributed by atoms with E-state index in [2.05, 4.69) is 45.0 Å². The summed E-state index contributed by atoms with van der Waals surface area (Å²) in [6.07, 6.45) is 3.62. The minimum atomic E-state index is 0.0714. The van der Waals surface area contributed by atoms with Gasteiger partial charge in [-0.2, -0.15) is 0 Å². The van der Waals surface area contributed by atoms with E-state index >= 15 is 0 Å². The Morgan fingerprint density at radius 1 is 1.28 bits per heavy atom. The highest BCUT2D eigenvalue weighted by molar-refractivity contribution is 6.20. The van der Waals surface area contributed by atoms with Crippen molar-refractivity contribution in [3.8, 4) is 0 Å². The molecule has 1 aliphatic rings. The molecule has 1 aromatic rings. The monoisotopic (exact) mass is 266 g/mol. The summed E-state index contributed by atoms with van der Waals surface area (Å²) in [6, 6.07) is 8.71. The fraction of sp³-hybridized carbons (Fsp3) is 0.625. The Hall–Kier alpha value is -0.530. The SMILES string of the molecule is CC(C)(C)c1ccc(C(Cl)CC2CCCO2)cc1. The molecule has 2 unspecified atom stereocenters.